The maximum absolute atomic E-state index is 14.2. The van der Waals surface area contributed by atoms with Crippen molar-refractivity contribution in [1.82, 2.24) is 4.57 Å². The van der Waals surface area contributed by atoms with Gasteiger partial charge in [0.2, 0.25) is 0 Å². The molecule has 46 heavy (non-hydrogen) atoms. The molecule has 0 aliphatic carbocycles. The normalized spacial score (nSPS) is 14.5. The summed E-state index contributed by atoms with van der Waals surface area (Å²) in [6.45, 7) is 5.52. The Bertz CT molecular complexity index is 1980. The zero-order valence-electron chi connectivity index (χ0n) is 26.0. The smallest absolute Gasteiger partial charge is 0.338 e. The molecular weight excluding hydrogens is 628 g/mol. The van der Waals surface area contributed by atoms with Crippen LogP contribution in [0.5, 0.6) is 11.5 Å². The van der Waals surface area contributed by atoms with E-state index in [1.807, 2.05) is 24.3 Å². The van der Waals surface area contributed by atoms with Gasteiger partial charge < -0.3 is 18.9 Å². The highest BCUT2D eigenvalue weighted by atomic mass is 35.5. The van der Waals surface area contributed by atoms with Gasteiger partial charge in [-0.15, -0.1) is 0 Å². The van der Waals surface area contributed by atoms with E-state index in [4.69, 9.17) is 30.5 Å². The van der Waals surface area contributed by atoms with Crippen molar-refractivity contribution in [3.8, 4) is 11.5 Å². The molecule has 5 rings (SSSR count). The van der Waals surface area contributed by atoms with Crippen LogP contribution < -0.4 is 24.4 Å². The number of para-hydroxylation sites is 1. The number of benzene rings is 3. The molecule has 0 fully saturated rings. The van der Waals surface area contributed by atoms with Gasteiger partial charge in [-0.05, 0) is 61.7 Å². The van der Waals surface area contributed by atoms with Crippen molar-refractivity contribution < 1.29 is 28.5 Å². The third kappa shape index (κ3) is 7.08. The monoisotopic (exact) mass is 660 g/mol. The number of carbonyl (C=O) groups excluding carboxylic acids is 2. The summed E-state index contributed by atoms with van der Waals surface area (Å²) in [5, 5.41) is 0.628. The standard InChI is InChI=1S/C35H33ClN2O7S/c1-20(2)45-34(41)30-21(3)37-35-38(31(30)24-13-9-22(10-14-24)17-29(39)43-5)33(40)28(46-35)18-25-7-6-8-27(42-4)32(25)44-19-23-11-15-26(36)16-12-23/h6-16,18,20,31H,17,19H2,1-5H3/b28-18+/t31-/m1/s1. The second-order valence-electron chi connectivity index (χ2n) is 10.8. The van der Waals surface area contributed by atoms with Gasteiger partial charge in [0, 0.05) is 10.6 Å². The lowest BCUT2D eigenvalue weighted by molar-refractivity contribution is -0.143. The van der Waals surface area contributed by atoms with Crippen LogP contribution in [0.2, 0.25) is 5.02 Å². The van der Waals surface area contributed by atoms with Gasteiger partial charge in [0.1, 0.15) is 6.61 Å². The zero-order valence-corrected chi connectivity index (χ0v) is 27.6. The molecule has 0 saturated carbocycles. The molecule has 0 bridgehead atoms. The van der Waals surface area contributed by atoms with Crippen molar-refractivity contribution >= 4 is 41.0 Å². The van der Waals surface area contributed by atoms with Crippen molar-refractivity contribution in [2.75, 3.05) is 14.2 Å². The molecule has 4 aromatic rings. The van der Waals surface area contributed by atoms with Gasteiger partial charge in [-0.3, -0.25) is 14.2 Å². The minimum absolute atomic E-state index is 0.0968. The highest BCUT2D eigenvalue weighted by Crippen LogP contribution is 2.33. The first-order chi connectivity index (χ1) is 22.1. The van der Waals surface area contributed by atoms with E-state index in [0.29, 0.717) is 42.7 Å². The summed E-state index contributed by atoms with van der Waals surface area (Å²) < 4.78 is 24.1. The minimum Gasteiger partial charge on any atom is -0.493 e. The number of esters is 2. The number of hydrogen-bond donors (Lipinski definition) is 0. The fraction of sp³-hybridized carbons (Fsp3) is 0.257. The summed E-state index contributed by atoms with van der Waals surface area (Å²) >= 11 is 7.25. The molecule has 0 saturated heterocycles. The predicted octanol–water partition coefficient (Wildman–Crippen LogP) is 5.14. The molecule has 1 aliphatic heterocycles. The van der Waals surface area contributed by atoms with E-state index in [2.05, 4.69) is 4.99 Å². The van der Waals surface area contributed by atoms with E-state index in [0.717, 1.165) is 11.1 Å². The van der Waals surface area contributed by atoms with Crippen LogP contribution in [0.25, 0.3) is 6.08 Å². The Balaban J connectivity index is 1.61. The van der Waals surface area contributed by atoms with Gasteiger partial charge in [0.15, 0.2) is 16.3 Å². The molecular formula is C35H33ClN2O7S. The fourth-order valence-corrected chi connectivity index (χ4v) is 6.23. The van der Waals surface area contributed by atoms with Gasteiger partial charge >= 0.3 is 11.9 Å². The highest BCUT2D eigenvalue weighted by molar-refractivity contribution is 7.07. The molecule has 1 aliphatic rings. The van der Waals surface area contributed by atoms with Crippen LogP contribution in [0, 0.1) is 0 Å². The van der Waals surface area contributed by atoms with Gasteiger partial charge in [-0.25, -0.2) is 9.79 Å². The summed E-state index contributed by atoms with van der Waals surface area (Å²) in [4.78, 5) is 44.6. The van der Waals surface area contributed by atoms with Crippen molar-refractivity contribution in [2.45, 2.75) is 45.9 Å². The van der Waals surface area contributed by atoms with Crippen LogP contribution in [-0.2, 0) is 32.1 Å². The Morgan fingerprint density at radius 3 is 2.37 bits per heavy atom. The molecule has 0 amide bonds. The van der Waals surface area contributed by atoms with E-state index in [9.17, 15) is 14.4 Å². The molecule has 238 valence electrons. The van der Waals surface area contributed by atoms with E-state index in [1.165, 1.54) is 23.0 Å². The lowest BCUT2D eigenvalue weighted by Gasteiger charge is -2.25. The summed E-state index contributed by atoms with van der Waals surface area (Å²) in [5.74, 6) is 0.0578. The number of allylic oxidation sites excluding steroid dienone is 1. The predicted molar refractivity (Wildman–Crippen MR) is 176 cm³/mol. The molecule has 0 spiro atoms. The maximum atomic E-state index is 14.2. The SMILES string of the molecule is COC(=O)Cc1ccc([C@@H]2C(C(=O)OC(C)C)=C(C)N=c3s/c(=C/c4cccc(OC)c4OCc4ccc(Cl)cc4)c(=O)n32)cc1. The lowest BCUT2D eigenvalue weighted by atomic mass is 9.94. The lowest BCUT2D eigenvalue weighted by Crippen LogP contribution is -2.40. The molecule has 1 aromatic heterocycles. The first-order valence-corrected chi connectivity index (χ1v) is 15.7. The third-order valence-electron chi connectivity index (χ3n) is 7.27. The number of fused-ring (bicyclic) bond motifs is 1. The summed E-state index contributed by atoms with van der Waals surface area (Å²) in [5.41, 5.74) is 3.34. The van der Waals surface area contributed by atoms with Gasteiger partial charge in [0.25, 0.3) is 5.56 Å². The molecule has 0 N–H and O–H groups in total. The van der Waals surface area contributed by atoms with E-state index >= 15 is 0 Å². The van der Waals surface area contributed by atoms with Crippen LogP contribution in [0.15, 0.2) is 87.8 Å². The van der Waals surface area contributed by atoms with Gasteiger partial charge in [-0.2, -0.15) is 0 Å². The molecule has 9 nitrogen and oxygen atoms in total. The summed E-state index contributed by atoms with van der Waals surface area (Å²) in [7, 11) is 2.89. The maximum Gasteiger partial charge on any atom is 0.338 e. The first kappa shape index (κ1) is 32.7. The van der Waals surface area contributed by atoms with Crippen molar-refractivity contribution in [2.24, 2.45) is 4.99 Å². The summed E-state index contributed by atoms with van der Waals surface area (Å²) in [6.07, 6.45) is 1.46. The quantitative estimate of drug-likeness (QED) is 0.217. The second kappa shape index (κ2) is 14.2. The largest absolute Gasteiger partial charge is 0.493 e. The van der Waals surface area contributed by atoms with Crippen LogP contribution in [0.3, 0.4) is 0 Å². The van der Waals surface area contributed by atoms with Crippen LogP contribution in [0.1, 0.15) is 49.1 Å². The molecule has 11 heteroatoms. The summed E-state index contributed by atoms with van der Waals surface area (Å²) in [6, 6.07) is 19.1. The van der Waals surface area contributed by atoms with Gasteiger partial charge in [-0.1, -0.05) is 71.5 Å². The van der Waals surface area contributed by atoms with Crippen molar-refractivity contribution in [1.29, 1.82) is 0 Å². The molecule has 3 aromatic carbocycles. The Morgan fingerprint density at radius 1 is 1.02 bits per heavy atom. The number of thiazole rings is 1. The number of ether oxygens (including phenoxy) is 4. The Kier molecular flexibility index (Phi) is 10.1. The van der Waals surface area contributed by atoms with Crippen LogP contribution >= 0.6 is 22.9 Å². The third-order valence-corrected chi connectivity index (χ3v) is 8.50. The Labute approximate surface area is 275 Å². The fourth-order valence-electron chi connectivity index (χ4n) is 5.07. The Hall–Kier alpha value is -4.67. The molecule has 2 heterocycles. The topological polar surface area (TPSA) is 105 Å². The average Bonchev–Trinajstić information content (AvgIpc) is 3.34. The number of rotatable bonds is 10. The Morgan fingerprint density at radius 2 is 1.72 bits per heavy atom. The number of methoxy groups -OCH3 is 2. The number of hydrogen-bond acceptors (Lipinski definition) is 9. The zero-order chi connectivity index (χ0) is 33.0. The van der Waals surface area contributed by atoms with Crippen molar-refractivity contribution in [3.63, 3.8) is 0 Å². The number of nitrogens with zero attached hydrogens (tertiary/aromatic N) is 2. The molecule has 0 radical (unpaired) electrons. The van der Waals surface area contributed by atoms with Crippen LogP contribution in [0.4, 0.5) is 0 Å². The van der Waals surface area contributed by atoms with E-state index in [-0.39, 0.29) is 36.2 Å². The first-order valence-electron chi connectivity index (χ1n) is 14.5. The van der Waals surface area contributed by atoms with E-state index in [1.54, 1.807) is 76.4 Å². The number of carbonyl (C=O) groups is 2. The average molecular weight is 661 g/mol. The minimum atomic E-state index is -0.803. The highest BCUT2D eigenvalue weighted by Gasteiger charge is 2.34. The van der Waals surface area contributed by atoms with Crippen molar-refractivity contribution in [3.05, 3.63) is 125 Å². The number of aromatic nitrogens is 1. The van der Waals surface area contributed by atoms with Gasteiger partial charge in [0.05, 0.1) is 48.6 Å². The second-order valence-corrected chi connectivity index (χ2v) is 12.3. The molecule has 1 atom stereocenters. The molecule has 0 unspecified atom stereocenters. The van der Waals surface area contributed by atoms with E-state index < -0.39 is 12.0 Å². The van der Waals surface area contributed by atoms with Crippen LogP contribution in [-0.4, -0.2) is 36.8 Å². The number of halogens is 1.